The minimum Gasteiger partial charge on any atom is -0.272 e. The fourth-order valence-electron chi connectivity index (χ4n) is 2.10. The predicted molar refractivity (Wildman–Crippen MR) is 102 cm³/mol. The summed E-state index contributed by atoms with van der Waals surface area (Å²) in [6, 6.07) is 17.5. The largest absolute Gasteiger partial charge is 0.272 e. The number of aromatic nitrogens is 1. The van der Waals surface area contributed by atoms with Gasteiger partial charge in [-0.2, -0.15) is 5.10 Å². The van der Waals surface area contributed by atoms with E-state index in [1.165, 1.54) is 11.8 Å². The molecule has 1 aromatic heterocycles. The normalized spacial score (nSPS) is 11.0. The maximum absolute atomic E-state index is 11.9. The van der Waals surface area contributed by atoms with Crippen LogP contribution < -0.4 is 5.43 Å². The lowest BCUT2D eigenvalue weighted by atomic mass is 10.2. The Morgan fingerprint density at radius 1 is 1.17 bits per heavy atom. The molecule has 0 aliphatic carbocycles. The molecule has 24 heavy (non-hydrogen) atoms. The number of amides is 1. The molecule has 1 heterocycles. The maximum Gasteiger partial charge on any atom is 0.250 e. The number of para-hydroxylation sites is 1. The molecule has 1 N–H and O–H groups in total. The zero-order valence-corrected chi connectivity index (χ0v) is 15.0. The molecule has 0 spiro atoms. The molecule has 4 nitrogen and oxygen atoms in total. The lowest BCUT2D eigenvalue weighted by Crippen LogP contribution is -2.19. The Morgan fingerprint density at radius 3 is 2.79 bits per heavy atom. The number of nitrogens with zero attached hydrogens (tertiary/aromatic N) is 2. The Morgan fingerprint density at radius 2 is 1.96 bits per heavy atom. The zero-order chi connectivity index (χ0) is 16.8. The summed E-state index contributed by atoms with van der Waals surface area (Å²) in [5.74, 6) is 0.134. The number of hydrogen-bond donors (Lipinski definition) is 1. The van der Waals surface area contributed by atoms with Gasteiger partial charge in [-0.05, 0) is 29.8 Å². The highest BCUT2D eigenvalue weighted by molar-refractivity contribution is 9.10. The Balaban J connectivity index is 1.56. The first-order chi connectivity index (χ1) is 11.7. The first-order valence-corrected chi connectivity index (χ1v) is 9.04. The van der Waals surface area contributed by atoms with Crippen LogP contribution in [0.25, 0.3) is 10.9 Å². The van der Waals surface area contributed by atoms with E-state index in [1.54, 1.807) is 12.4 Å². The molecule has 6 heteroatoms. The van der Waals surface area contributed by atoms with Crippen molar-refractivity contribution in [2.75, 3.05) is 5.75 Å². The molecule has 2 aromatic carbocycles. The highest BCUT2D eigenvalue weighted by atomic mass is 79.9. The van der Waals surface area contributed by atoms with Gasteiger partial charge in [0.25, 0.3) is 0 Å². The average molecular weight is 400 g/mol. The summed E-state index contributed by atoms with van der Waals surface area (Å²) in [5.41, 5.74) is 4.38. The van der Waals surface area contributed by atoms with Crippen LogP contribution in [0.4, 0.5) is 0 Å². The summed E-state index contributed by atoms with van der Waals surface area (Å²) < 4.78 is 1.00. The van der Waals surface area contributed by atoms with E-state index in [4.69, 9.17) is 0 Å². The van der Waals surface area contributed by atoms with Crippen molar-refractivity contribution in [1.82, 2.24) is 10.4 Å². The van der Waals surface area contributed by atoms with Gasteiger partial charge in [-0.3, -0.25) is 9.78 Å². The van der Waals surface area contributed by atoms with Crippen LogP contribution in [0.2, 0.25) is 0 Å². The summed E-state index contributed by atoms with van der Waals surface area (Å²) >= 11 is 4.83. The van der Waals surface area contributed by atoms with Crippen molar-refractivity contribution >= 4 is 50.7 Å². The van der Waals surface area contributed by atoms with Crippen LogP contribution in [0.5, 0.6) is 0 Å². The molecular formula is C18H14BrN3OS. The van der Waals surface area contributed by atoms with Crippen LogP contribution in [0, 0.1) is 0 Å². The first kappa shape index (κ1) is 16.7. The van der Waals surface area contributed by atoms with Gasteiger partial charge < -0.3 is 0 Å². The molecule has 0 fully saturated rings. The first-order valence-electron chi connectivity index (χ1n) is 7.26. The van der Waals surface area contributed by atoms with E-state index < -0.39 is 0 Å². The van der Waals surface area contributed by atoms with E-state index in [0.717, 1.165) is 25.8 Å². The fraction of sp³-hybridized carbons (Fsp3) is 0.0556. The molecule has 0 saturated carbocycles. The van der Waals surface area contributed by atoms with Crippen molar-refractivity contribution in [3.8, 4) is 0 Å². The molecule has 120 valence electrons. The number of pyridine rings is 1. The number of carbonyl (C=O) groups excluding carboxylic acids is 1. The third-order valence-electron chi connectivity index (χ3n) is 3.23. The number of hydrazone groups is 1. The highest BCUT2D eigenvalue weighted by Gasteiger charge is 2.05. The van der Waals surface area contributed by atoms with Gasteiger partial charge in [-0.15, -0.1) is 11.8 Å². The molecule has 0 radical (unpaired) electrons. The van der Waals surface area contributed by atoms with Crippen molar-refractivity contribution in [2.45, 2.75) is 4.90 Å². The smallest absolute Gasteiger partial charge is 0.250 e. The standard InChI is InChI=1S/C18H14BrN3OS/c19-15-8-6-13(7-9-15)11-21-22-17(23)12-24-16-5-1-3-14-4-2-10-20-18(14)16/h1-11H,12H2,(H,22,23)/b21-11+. The Labute approximate surface area is 152 Å². The average Bonchev–Trinajstić information content (AvgIpc) is 2.61. The Hall–Kier alpha value is -2.18. The predicted octanol–water partition coefficient (Wildman–Crippen LogP) is 4.24. The molecule has 3 aromatic rings. The van der Waals surface area contributed by atoms with Crippen LogP contribution >= 0.6 is 27.7 Å². The van der Waals surface area contributed by atoms with Gasteiger partial charge in [0.15, 0.2) is 0 Å². The van der Waals surface area contributed by atoms with Crippen molar-refractivity contribution in [3.63, 3.8) is 0 Å². The van der Waals surface area contributed by atoms with Crippen LogP contribution in [-0.4, -0.2) is 22.9 Å². The number of hydrogen-bond acceptors (Lipinski definition) is 4. The van der Waals surface area contributed by atoms with Gasteiger partial charge in [0.1, 0.15) is 0 Å². The minimum atomic E-state index is -0.152. The number of rotatable bonds is 5. The molecule has 3 rings (SSSR count). The lowest BCUT2D eigenvalue weighted by molar-refractivity contribution is -0.118. The summed E-state index contributed by atoms with van der Waals surface area (Å²) in [4.78, 5) is 17.3. The number of halogens is 1. The topological polar surface area (TPSA) is 54.4 Å². The number of carbonyl (C=O) groups is 1. The molecule has 0 unspecified atom stereocenters. The fourth-order valence-corrected chi connectivity index (χ4v) is 3.19. The van der Waals surface area contributed by atoms with Gasteiger partial charge in [0.05, 0.1) is 17.5 Å². The Bertz CT molecular complexity index is 876. The van der Waals surface area contributed by atoms with Gasteiger partial charge >= 0.3 is 0 Å². The third-order valence-corrected chi connectivity index (χ3v) is 4.80. The van der Waals surface area contributed by atoms with E-state index in [0.29, 0.717) is 0 Å². The summed E-state index contributed by atoms with van der Waals surface area (Å²) in [6.45, 7) is 0. The molecular weight excluding hydrogens is 386 g/mol. The lowest BCUT2D eigenvalue weighted by Gasteiger charge is -2.04. The molecule has 1 amide bonds. The highest BCUT2D eigenvalue weighted by Crippen LogP contribution is 2.25. The molecule has 0 aliphatic rings. The molecule has 0 saturated heterocycles. The Kier molecular flexibility index (Phi) is 5.61. The summed E-state index contributed by atoms with van der Waals surface area (Å²) in [7, 11) is 0. The second-order valence-corrected chi connectivity index (χ2v) is 6.90. The van der Waals surface area contributed by atoms with E-state index in [1.807, 2.05) is 54.6 Å². The number of nitrogens with one attached hydrogen (secondary N) is 1. The van der Waals surface area contributed by atoms with Crippen LogP contribution in [0.3, 0.4) is 0 Å². The molecule has 0 atom stereocenters. The number of benzene rings is 2. The van der Waals surface area contributed by atoms with Crippen molar-refractivity contribution < 1.29 is 4.79 Å². The van der Waals surface area contributed by atoms with Crippen molar-refractivity contribution in [1.29, 1.82) is 0 Å². The van der Waals surface area contributed by atoms with Crippen LogP contribution in [-0.2, 0) is 4.79 Å². The van der Waals surface area contributed by atoms with Crippen LogP contribution in [0.1, 0.15) is 5.56 Å². The monoisotopic (exact) mass is 399 g/mol. The third kappa shape index (κ3) is 4.43. The van der Waals surface area contributed by atoms with Crippen molar-refractivity contribution in [2.24, 2.45) is 5.10 Å². The van der Waals surface area contributed by atoms with E-state index in [-0.39, 0.29) is 11.7 Å². The zero-order valence-electron chi connectivity index (χ0n) is 12.6. The molecule has 0 aliphatic heterocycles. The second kappa shape index (κ2) is 8.08. The van der Waals surface area contributed by atoms with Crippen LogP contribution in [0.15, 0.2) is 75.3 Å². The number of fused-ring (bicyclic) bond motifs is 1. The minimum absolute atomic E-state index is 0.152. The van der Waals surface area contributed by atoms with Gasteiger partial charge in [0.2, 0.25) is 5.91 Å². The quantitative estimate of drug-likeness (QED) is 0.396. The van der Waals surface area contributed by atoms with E-state index in [2.05, 4.69) is 31.4 Å². The van der Waals surface area contributed by atoms with Crippen molar-refractivity contribution in [3.05, 3.63) is 70.8 Å². The second-order valence-electron chi connectivity index (χ2n) is 4.96. The molecule has 0 bridgehead atoms. The van der Waals surface area contributed by atoms with Gasteiger partial charge in [-0.1, -0.05) is 46.3 Å². The van der Waals surface area contributed by atoms with E-state index >= 15 is 0 Å². The van der Waals surface area contributed by atoms with E-state index in [9.17, 15) is 4.79 Å². The SMILES string of the molecule is O=C(CSc1cccc2cccnc12)N/N=C/c1ccc(Br)cc1. The van der Waals surface area contributed by atoms with Gasteiger partial charge in [-0.25, -0.2) is 5.43 Å². The van der Waals surface area contributed by atoms with Gasteiger partial charge in [0, 0.05) is 21.0 Å². The maximum atomic E-state index is 11.9. The number of thioether (sulfide) groups is 1. The summed E-state index contributed by atoms with van der Waals surface area (Å²) in [5, 5.41) is 5.04. The summed E-state index contributed by atoms with van der Waals surface area (Å²) in [6.07, 6.45) is 3.38.